The van der Waals surface area contributed by atoms with Crippen LogP contribution in [-0.4, -0.2) is 25.4 Å². The van der Waals surface area contributed by atoms with Gasteiger partial charge in [-0.2, -0.15) is 0 Å². The molecular formula is C14H21NO2. The number of hydrogen-bond donors (Lipinski definition) is 2. The zero-order valence-electron chi connectivity index (χ0n) is 10.4. The SMILES string of the molecule is COc1ccc(C(NCCCO)C2CC2)cc1. The summed E-state index contributed by atoms with van der Waals surface area (Å²) < 4.78 is 5.17. The molecule has 1 aliphatic rings. The highest BCUT2D eigenvalue weighted by molar-refractivity contribution is 5.30. The van der Waals surface area contributed by atoms with E-state index >= 15 is 0 Å². The maximum atomic E-state index is 8.82. The van der Waals surface area contributed by atoms with Gasteiger partial charge in [0.15, 0.2) is 0 Å². The lowest BCUT2D eigenvalue weighted by molar-refractivity contribution is 0.281. The topological polar surface area (TPSA) is 41.5 Å². The van der Waals surface area contributed by atoms with Crippen molar-refractivity contribution in [3.63, 3.8) is 0 Å². The Morgan fingerprint density at radius 2 is 2.06 bits per heavy atom. The van der Waals surface area contributed by atoms with Crippen molar-refractivity contribution in [2.45, 2.75) is 25.3 Å². The molecule has 2 rings (SSSR count). The molecule has 1 fully saturated rings. The van der Waals surface area contributed by atoms with Crippen LogP contribution in [0.25, 0.3) is 0 Å². The molecule has 0 aromatic heterocycles. The molecule has 1 atom stereocenters. The average molecular weight is 235 g/mol. The molecule has 94 valence electrons. The van der Waals surface area contributed by atoms with E-state index in [1.165, 1.54) is 18.4 Å². The standard InChI is InChI=1S/C14H21NO2/c1-17-13-7-5-12(6-8-13)14(11-3-4-11)15-9-2-10-16/h5-8,11,14-16H,2-4,9-10H2,1H3. The van der Waals surface area contributed by atoms with Gasteiger partial charge in [-0.1, -0.05) is 12.1 Å². The molecular weight excluding hydrogens is 214 g/mol. The summed E-state index contributed by atoms with van der Waals surface area (Å²) in [7, 11) is 1.69. The van der Waals surface area contributed by atoms with Gasteiger partial charge in [-0.25, -0.2) is 0 Å². The van der Waals surface area contributed by atoms with E-state index in [1.54, 1.807) is 7.11 Å². The number of methoxy groups -OCH3 is 1. The minimum atomic E-state index is 0.257. The van der Waals surface area contributed by atoms with E-state index in [0.29, 0.717) is 6.04 Å². The third kappa shape index (κ3) is 3.45. The van der Waals surface area contributed by atoms with Gasteiger partial charge < -0.3 is 15.2 Å². The fourth-order valence-electron chi connectivity index (χ4n) is 2.13. The maximum absolute atomic E-state index is 8.82. The zero-order chi connectivity index (χ0) is 12.1. The molecule has 1 aromatic carbocycles. The summed E-state index contributed by atoms with van der Waals surface area (Å²) in [6, 6.07) is 8.73. The number of aliphatic hydroxyl groups excluding tert-OH is 1. The summed E-state index contributed by atoms with van der Waals surface area (Å²) in [5.41, 5.74) is 1.33. The lowest BCUT2D eigenvalue weighted by Crippen LogP contribution is -2.24. The lowest BCUT2D eigenvalue weighted by atomic mass is 10.0. The van der Waals surface area contributed by atoms with Crippen LogP contribution in [0.15, 0.2) is 24.3 Å². The molecule has 0 amide bonds. The third-order valence-electron chi connectivity index (χ3n) is 3.27. The second-order valence-electron chi connectivity index (χ2n) is 4.62. The first-order valence-electron chi connectivity index (χ1n) is 6.33. The monoisotopic (exact) mass is 235 g/mol. The Balaban J connectivity index is 1.98. The van der Waals surface area contributed by atoms with Crippen LogP contribution in [-0.2, 0) is 0 Å². The Kier molecular flexibility index (Phi) is 4.40. The minimum Gasteiger partial charge on any atom is -0.497 e. The molecule has 0 spiro atoms. The van der Waals surface area contributed by atoms with Gasteiger partial charge in [0.05, 0.1) is 7.11 Å². The minimum absolute atomic E-state index is 0.257. The predicted molar refractivity (Wildman–Crippen MR) is 68.2 cm³/mol. The second-order valence-corrected chi connectivity index (χ2v) is 4.62. The van der Waals surface area contributed by atoms with Gasteiger partial charge in [0.1, 0.15) is 5.75 Å². The van der Waals surface area contributed by atoms with Crippen molar-refractivity contribution < 1.29 is 9.84 Å². The smallest absolute Gasteiger partial charge is 0.118 e. The highest BCUT2D eigenvalue weighted by Crippen LogP contribution is 2.41. The Bertz CT molecular complexity index is 333. The molecule has 1 unspecified atom stereocenters. The Morgan fingerprint density at radius 1 is 1.35 bits per heavy atom. The molecule has 0 radical (unpaired) electrons. The summed E-state index contributed by atoms with van der Waals surface area (Å²) in [4.78, 5) is 0. The summed E-state index contributed by atoms with van der Waals surface area (Å²) in [6.45, 7) is 1.14. The fourth-order valence-corrected chi connectivity index (χ4v) is 2.13. The van der Waals surface area contributed by atoms with Crippen molar-refractivity contribution in [3.8, 4) is 5.75 Å². The molecule has 2 N–H and O–H groups in total. The highest BCUT2D eigenvalue weighted by atomic mass is 16.5. The van der Waals surface area contributed by atoms with Crippen LogP contribution in [0.2, 0.25) is 0 Å². The lowest BCUT2D eigenvalue weighted by Gasteiger charge is -2.18. The van der Waals surface area contributed by atoms with Gasteiger partial charge >= 0.3 is 0 Å². The Hall–Kier alpha value is -1.06. The molecule has 1 saturated carbocycles. The molecule has 3 nitrogen and oxygen atoms in total. The molecule has 3 heteroatoms. The van der Waals surface area contributed by atoms with Crippen molar-refractivity contribution in [3.05, 3.63) is 29.8 Å². The number of aliphatic hydroxyl groups is 1. The average Bonchev–Trinajstić information content (AvgIpc) is 3.19. The van der Waals surface area contributed by atoms with Crippen LogP contribution in [0.5, 0.6) is 5.75 Å². The quantitative estimate of drug-likeness (QED) is 0.711. The highest BCUT2D eigenvalue weighted by Gasteiger charge is 2.31. The van der Waals surface area contributed by atoms with Crippen LogP contribution in [0, 0.1) is 5.92 Å². The van der Waals surface area contributed by atoms with E-state index in [0.717, 1.165) is 24.6 Å². The van der Waals surface area contributed by atoms with Crippen molar-refractivity contribution in [2.75, 3.05) is 20.3 Å². The maximum Gasteiger partial charge on any atom is 0.118 e. The number of rotatable bonds is 7. The molecule has 0 saturated heterocycles. The fraction of sp³-hybridized carbons (Fsp3) is 0.571. The van der Waals surface area contributed by atoms with E-state index in [2.05, 4.69) is 17.4 Å². The van der Waals surface area contributed by atoms with Crippen LogP contribution in [0.3, 0.4) is 0 Å². The third-order valence-corrected chi connectivity index (χ3v) is 3.27. The first-order valence-corrected chi connectivity index (χ1v) is 6.33. The number of hydrogen-bond acceptors (Lipinski definition) is 3. The summed E-state index contributed by atoms with van der Waals surface area (Å²) in [6.07, 6.45) is 3.44. The van der Waals surface area contributed by atoms with E-state index in [4.69, 9.17) is 9.84 Å². The summed E-state index contributed by atoms with van der Waals surface area (Å²) in [5, 5.41) is 12.4. The Morgan fingerprint density at radius 3 is 2.59 bits per heavy atom. The first kappa shape index (κ1) is 12.4. The summed E-state index contributed by atoms with van der Waals surface area (Å²) in [5.74, 6) is 1.67. The molecule has 0 bridgehead atoms. The van der Waals surface area contributed by atoms with E-state index in [9.17, 15) is 0 Å². The van der Waals surface area contributed by atoms with Crippen molar-refractivity contribution in [1.29, 1.82) is 0 Å². The van der Waals surface area contributed by atoms with Gasteiger partial charge in [-0.3, -0.25) is 0 Å². The molecule has 1 aromatic rings. The van der Waals surface area contributed by atoms with Crippen LogP contribution in [0.4, 0.5) is 0 Å². The Labute approximate surface area is 103 Å². The largest absolute Gasteiger partial charge is 0.497 e. The number of nitrogens with one attached hydrogen (secondary N) is 1. The van der Waals surface area contributed by atoms with Gasteiger partial charge in [0, 0.05) is 12.6 Å². The van der Waals surface area contributed by atoms with Crippen molar-refractivity contribution in [1.82, 2.24) is 5.32 Å². The van der Waals surface area contributed by atoms with E-state index in [1.807, 2.05) is 12.1 Å². The van der Waals surface area contributed by atoms with Crippen LogP contribution in [0.1, 0.15) is 30.9 Å². The van der Waals surface area contributed by atoms with Gasteiger partial charge in [0.25, 0.3) is 0 Å². The van der Waals surface area contributed by atoms with Crippen LogP contribution >= 0.6 is 0 Å². The number of benzene rings is 1. The van der Waals surface area contributed by atoms with E-state index < -0.39 is 0 Å². The van der Waals surface area contributed by atoms with Crippen LogP contribution < -0.4 is 10.1 Å². The molecule has 0 heterocycles. The van der Waals surface area contributed by atoms with E-state index in [-0.39, 0.29) is 6.61 Å². The molecule has 1 aliphatic carbocycles. The second kappa shape index (κ2) is 6.03. The normalized spacial score (nSPS) is 16.8. The zero-order valence-corrected chi connectivity index (χ0v) is 10.4. The van der Waals surface area contributed by atoms with Crippen molar-refractivity contribution in [2.24, 2.45) is 5.92 Å². The van der Waals surface area contributed by atoms with Gasteiger partial charge in [-0.05, 0) is 49.4 Å². The number of ether oxygens (including phenoxy) is 1. The summed E-state index contributed by atoms with van der Waals surface area (Å²) >= 11 is 0. The van der Waals surface area contributed by atoms with Gasteiger partial charge in [0.2, 0.25) is 0 Å². The van der Waals surface area contributed by atoms with Crippen molar-refractivity contribution >= 4 is 0 Å². The first-order chi connectivity index (χ1) is 8.35. The molecule has 0 aliphatic heterocycles. The van der Waals surface area contributed by atoms with Gasteiger partial charge in [-0.15, -0.1) is 0 Å². The predicted octanol–water partition coefficient (Wildman–Crippen LogP) is 2.12. The molecule has 17 heavy (non-hydrogen) atoms.